The molecule has 1 aliphatic rings. The molecule has 0 radical (unpaired) electrons. The molecule has 1 fully saturated rings. The maximum Gasteiger partial charge on any atom is 0.266 e. The summed E-state index contributed by atoms with van der Waals surface area (Å²) in [4.78, 5) is 24.3. The third kappa shape index (κ3) is 2.90. The van der Waals surface area contributed by atoms with E-state index in [-0.39, 0.29) is 11.4 Å². The molecule has 0 aliphatic carbocycles. The van der Waals surface area contributed by atoms with Crippen molar-refractivity contribution in [3.05, 3.63) is 52.8 Å². The zero-order valence-corrected chi connectivity index (χ0v) is 13.8. The number of hydrogen-bond acceptors (Lipinski definition) is 6. The lowest BCUT2D eigenvalue weighted by molar-refractivity contribution is 0.619. The first-order valence-corrected chi connectivity index (χ1v) is 8.06. The average Bonchev–Trinajstić information content (AvgIpc) is 2.64. The lowest BCUT2D eigenvalue weighted by Gasteiger charge is -2.36. The molecule has 0 N–H and O–H groups in total. The van der Waals surface area contributed by atoms with Gasteiger partial charge in [-0.2, -0.15) is 5.10 Å². The zero-order chi connectivity index (χ0) is 17.4. The van der Waals surface area contributed by atoms with E-state index in [1.807, 2.05) is 0 Å². The van der Waals surface area contributed by atoms with Crippen LogP contribution in [0.1, 0.15) is 0 Å². The van der Waals surface area contributed by atoms with Crippen molar-refractivity contribution in [2.24, 2.45) is 7.05 Å². The van der Waals surface area contributed by atoms with Gasteiger partial charge in [0.25, 0.3) is 5.56 Å². The molecule has 1 aliphatic heterocycles. The van der Waals surface area contributed by atoms with Crippen LogP contribution in [0.5, 0.6) is 0 Å². The lowest BCUT2D eigenvalue weighted by atomic mass is 10.2. The van der Waals surface area contributed by atoms with Gasteiger partial charge >= 0.3 is 0 Å². The second kappa shape index (κ2) is 6.12. The molecule has 7 nitrogen and oxygen atoms in total. The van der Waals surface area contributed by atoms with E-state index in [9.17, 15) is 9.18 Å². The summed E-state index contributed by atoms with van der Waals surface area (Å²) in [5.74, 6) is 1.23. The lowest BCUT2D eigenvalue weighted by Crippen LogP contribution is -2.47. The highest BCUT2D eigenvalue weighted by Crippen LogP contribution is 2.25. The van der Waals surface area contributed by atoms with Crippen LogP contribution in [-0.2, 0) is 7.05 Å². The second-order valence-electron chi connectivity index (χ2n) is 5.99. The molecule has 25 heavy (non-hydrogen) atoms. The molecule has 1 aromatic carbocycles. The Hall–Kier alpha value is -3.03. The summed E-state index contributed by atoms with van der Waals surface area (Å²) in [5, 5.41) is 5.01. The SMILES string of the molecule is Cn1nc(N2CCN(c3ncnc4ccc(F)cc34)CC2)ccc1=O. The molecule has 0 bridgehead atoms. The summed E-state index contributed by atoms with van der Waals surface area (Å²) in [7, 11) is 1.64. The predicted molar refractivity (Wildman–Crippen MR) is 93.4 cm³/mol. The summed E-state index contributed by atoms with van der Waals surface area (Å²) in [6.45, 7) is 2.94. The first-order chi connectivity index (χ1) is 12.1. The second-order valence-corrected chi connectivity index (χ2v) is 5.99. The van der Waals surface area contributed by atoms with Crippen molar-refractivity contribution in [2.75, 3.05) is 36.0 Å². The number of hydrogen-bond donors (Lipinski definition) is 0. The maximum atomic E-state index is 13.6. The minimum absolute atomic E-state index is 0.128. The van der Waals surface area contributed by atoms with Crippen LogP contribution in [0.15, 0.2) is 41.5 Å². The van der Waals surface area contributed by atoms with Crippen molar-refractivity contribution >= 4 is 22.5 Å². The number of aryl methyl sites for hydroxylation is 1. The van der Waals surface area contributed by atoms with Gasteiger partial charge in [-0.15, -0.1) is 0 Å². The van der Waals surface area contributed by atoms with E-state index >= 15 is 0 Å². The van der Waals surface area contributed by atoms with Gasteiger partial charge in [0.1, 0.15) is 23.8 Å². The quantitative estimate of drug-likeness (QED) is 0.698. The number of nitrogens with zero attached hydrogens (tertiary/aromatic N) is 6. The van der Waals surface area contributed by atoms with Gasteiger partial charge in [-0.1, -0.05) is 0 Å². The highest BCUT2D eigenvalue weighted by atomic mass is 19.1. The number of fused-ring (bicyclic) bond motifs is 1. The number of piperazine rings is 1. The van der Waals surface area contributed by atoms with Crippen LogP contribution < -0.4 is 15.4 Å². The van der Waals surface area contributed by atoms with Crippen LogP contribution in [-0.4, -0.2) is 45.9 Å². The van der Waals surface area contributed by atoms with E-state index in [1.165, 1.54) is 29.2 Å². The molecule has 0 unspecified atom stereocenters. The van der Waals surface area contributed by atoms with Gasteiger partial charge in [-0.3, -0.25) is 4.79 Å². The number of aromatic nitrogens is 4. The van der Waals surface area contributed by atoms with E-state index in [0.29, 0.717) is 0 Å². The molecule has 4 rings (SSSR count). The Labute approximate surface area is 143 Å². The standard InChI is InChI=1S/C17H17FN6O/c1-22-16(25)5-4-15(21-22)23-6-8-24(9-7-23)17-13-10-12(18)2-3-14(13)19-11-20-17/h2-5,10-11H,6-9H2,1H3. The zero-order valence-electron chi connectivity index (χ0n) is 13.8. The van der Waals surface area contributed by atoms with Gasteiger partial charge in [0.2, 0.25) is 0 Å². The van der Waals surface area contributed by atoms with Crippen molar-refractivity contribution in [1.29, 1.82) is 0 Å². The number of benzene rings is 1. The fraction of sp³-hybridized carbons (Fsp3) is 0.294. The third-order valence-corrected chi connectivity index (χ3v) is 4.43. The smallest absolute Gasteiger partial charge is 0.266 e. The van der Waals surface area contributed by atoms with E-state index < -0.39 is 0 Å². The molecular weight excluding hydrogens is 323 g/mol. The monoisotopic (exact) mass is 340 g/mol. The molecule has 8 heteroatoms. The van der Waals surface area contributed by atoms with Crippen LogP contribution in [0.2, 0.25) is 0 Å². The van der Waals surface area contributed by atoms with E-state index in [1.54, 1.807) is 19.2 Å². The van der Waals surface area contributed by atoms with Gasteiger partial charge < -0.3 is 9.80 Å². The summed E-state index contributed by atoms with van der Waals surface area (Å²) in [6.07, 6.45) is 1.51. The van der Waals surface area contributed by atoms with E-state index in [0.717, 1.165) is 48.7 Å². The summed E-state index contributed by atoms with van der Waals surface area (Å²) in [6, 6.07) is 7.82. The van der Waals surface area contributed by atoms with Gasteiger partial charge in [0.15, 0.2) is 0 Å². The van der Waals surface area contributed by atoms with Crippen LogP contribution in [0, 0.1) is 5.82 Å². The Balaban J connectivity index is 1.57. The minimum atomic E-state index is -0.295. The van der Waals surface area contributed by atoms with Crippen molar-refractivity contribution in [2.45, 2.75) is 0 Å². The van der Waals surface area contributed by atoms with Crippen molar-refractivity contribution in [3.63, 3.8) is 0 Å². The molecular formula is C17H17FN6O. The van der Waals surface area contributed by atoms with Gasteiger partial charge in [0, 0.05) is 44.7 Å². The van der Waals surface area contributed by atoms with E-state index in [4.69, 9.17) is 0 Å². The van der Waals surface area contributed by atoms with Gasteiger partial charge in [-0.05, 0) is 24.3 Å². The van der Waals surface area contributed by atoms with Crippen LogP contribution in [0.25, 0.3) is 10.9 Å². The van der Waals surface area contributed by atoms with Crippen LogP contribution in [0.4, 0.5) is 16.0 Å². The van der Waals surface area contributed by atoms with Crippen LogP contribution >= 0.6 is 0 Å². The highest BCUT2D eigenvalue weighted by Gasteiger charge is 2.21. The normalized spacial score (nSPS) is 15.0. The fourth-order valence-corrected chi connectivity index (χ4v) is 3.07. The molecule has 3 aromatic rings. The Morgan fingerprint density at radius 2 is 1.76 bits per heavy atom. The fourth-order valence-electron chi connectivity index (χ4n) is 3.07. The Morgan fingerprint density at radius 1 is 1.00 bits per heavy atom. The Bertz CT molecular complexity index is 980. The molecule has 2 aromatic heterocycles. The Morgan fingerprint density at radius 3 is 2.52 bits per heavy atom. The largest absolute Gasteiger partial charge is 0.352 e. The number of halogens is 1. The molecule has 0 atom stereocenters. The molecule has 3 heterocycles. The van der Waals surface area contributed by atoms with Crippen LogP contribution in [0.3, 0.4) is 0 Å². The summed E-state index contributed by atoms with van der Waals surface area (Å²) in [5.41, 5.74) is 0.602. The third-order valence-electron chi connectivity index (χ3n) is 4.43. The number of anilines is 2. The summed E-state index contributed by atoms with van der Waals surface area (Å²) >= 11 is 0. The predicted octanol–water partition coefficient (Wildman–Crippen LogP) is 1.19. The molecule has 0 saturated carbocycles. The average molecular weight is 340 g/mol. The molecule has 1 saturated heterocycles. The maximum absolute atomic E-state index is 13.6. The van der Waals surface area contributed by atoms with E-state index in [2.05, 4.69) is 24.9 Å². The molecule has 0 spiro atoms. The van der Waals surface area contributed by atoms with Gasteiger partial charge in [-0.25, -0.2) is 19.0 Å². The van der Waals surface area contributed by atoms with Crippen molar-refractivity contribution in [3.8, 4) is 0 Å². The Kier molecular flexibility index (Phi) is 3.79. The summed E-state index contributed by atoms with van der Waals surface area (Å²) < 4.78 is 15.0. The minimum Gasteiger partial charge on any atom is -0.352 e. The number of rotatable bonds is 2. The first-order valence-electron chi connectivity index (χ1n) is 8.06. The molecule has 0 amide bonds. The first kappa shape index (κ1) is 15.5. The topological polar surface area (TPSA) is 67.2 Å². The highest BCUT2D eigenvalue weighted by molar-refractivity contribution is 5.89. The van der Waals surface area contributed by atoms with Gasteiger partial charge in [0.05, 0.1) is 5.52 Å². The van der Waals surface area contributed by atoms with Crippen molar-refractivity contribution < 1.29 is 4.39 Å². The molecule has 128 valence electrons. The van der Waals surface area contributed by atoms with Crippen molar-refractivity contribution in [1.82, 2.24) is 19.7 Å².